The first-order valence-corrected chi connectivity index (χ1v) is 9.64. The Labute approximate surface area is 153 Å². The second-order valence-electron chi connectivity index (χ2n) is 5.24. The van der Waals surface area contributed by atoms with Crippen LogP contribution < -0.4 is 0 Å². The van der Waals surface area contributed by atoms with Gasteiger partial charge in [-0.15, -0.1) is 0 Å². The molecule has 1 N–H and O–H groups in total. The van der Waals surface area contributed by atoms with Crippen molar-refractivity contribution in [2.75, 3.05) is 0 Å². The molecular formula is C17H12ClIO3S. The average Bonchev–Trinajstić information content (AvgIpc) is 2.49. The fourth-order valence-corrected chi connectivity index (χ4v) is 3.99. The molecular weight excluding hydrogens is 447 g/mol. The maximum absolute atomic E-state index is 11.7. The second-order valence-corrected chi connectivity index (χ2v) is 8.17. The van der Waals surface area contributed by atoms with Gasteiger partial charge in [-0.2, -0.15) is 8.42 Å². The molecule has 0 aromatic heterocycles. The summed E-state index contributed by atoms with van der Waals surface area (Å²) in [4.78, 5) is -0.106. The highest BCUT2D eigenvalue weighted by Gasteiger charge is 2.18. The summed E-state index contributed by atoms with van der Waals surface area (Å²) in [6, 6.07) is 14.2. The minimum atomic E-state index is -4.32. The van der Waals surface area contributed by atoms with Crippen LogP contribution >= 0.6 is 34.2 Å². The van der Waals surface area contributed by atoms with Crippen molar-refractivity contribution in [1.82, 2.24) is 0 Å². The van der Waals surface area contributed by atoms with Crippen molar-refractivity contribution in [2.24, 2.45) is 0 Å². The Morgan fingerprint density at radius 2 is 1.74 bits per heavy atom. The van der Waals surface area contributed by atoms with E-state index >= 15 is 0 Å². The first-order chi connectivity index (χ1) is 10.8. The quantitative estimate of drug-likeness (QED) is 0.418. The number of hydrogen-bond acceptors (Lipinski definition) is 2. The summed E-state index contributed by atoms with van der Waals surface area (Å²) in [5.74, 6) is 0. The molecule has 0 saturated carbocycles. The van der Waals surface area contributed by atoms with Crippen LogP contribution in [-0.2, 0) is 10.1 Å². The molecule has 0 unspecified atom stereocenters. The number of fused-ring (bicyclic) bond motifs is 1. The van der Waals surface area contributed by atoms with Crippen LogP contribution in [0.3, 0.4) is 0 Å². The predicted molar refractivity (Wildman–Crippen MR) is 102 cm³/mol. The third kappa shape index (κ3) is 3.10. The molecule has 3 nitrogen and oxygen atoms in total. The summed E-state index contributed by atoms with van der Waals surface area (Å²) < 4.78 is 33.9. The molecule has 0 radical (unpaired) electrons. The van der Waals surface area contributed by atoms with Gasteiger partial charge in [0.2, 0.25) is 0 Å². The van der Waals surface area contributed by atoms with E-state index in [4.69, 9.17) is 11.6 Å². The standard InChI is InChI=1S/C17H12ClIO3S/c1-10-5-8-16(23(20,21)22)14(9-10)11-3-2-4-13-12(11)6-7-15(19)17(13)18/h2-9H,1H3,(H,20,21,22). The van der Waals surface area contributed by atoms with E-state index in [9.17, 15) is 13.0 Å². The highest BCUT2D eigenvalue weighted by molar-refractivity contribution is 14.1. The Morgan fingerprint density at radius 3 is 2.43 bits per heavy atom. The van der Waals surface area contributed by atoms with E-state index in [0.717, 1.165) is 25.5 Å². The average molecular weight is 459 g/mol. The maximum atomic E-state index is 11.7. The van der Waals surface area contributed by atoms with Gasteiger partial charge in [-0.05, 0) is 52.6 Å². The first-order valence-electron chi connectivity index (χ1n) is 6.74. The van der Waals surface area contributed by atoms with Crippen LogP contribution in [-0.4, -0.2) is 13.0 Å². The van der Waals surface area contributed by atoms with Gasteiger partial charge in [0, 0.05) is 14.5 Å². The molecule has 0 amide bonds. The van der Waals surface area contributed by atoms with Crippen molar-refractivity contribution in [3.63, 3.8) is 0 Å². The van der Waals surface area contributed by atoms with Crippen molar-refractivity contribution >= 4 is 55.1 Å². The molecule has 0 fully saturated rings. The molecule has 6 heteroatoms. The van der Waals surface area contributed by atoms with E-state index in [-0.39, 0.29) is 4.90 Å². The van der Waals surface area contributed by atoms with Crippen molar-refractivity contribution in [2.45, 2.75) is 11.8 Å². The molecule has 23 heavy (non-hydrogen) atoms. The molecule has 0 heterocycles. The van der Waals surface area contributed by atoms with E-state index in [1.54, 1.807) is 12.1 Å². The molecule has 3 aromatic carbocycles. The monoisotopic (exact) mass is 458 g/mol. The van der Waals surface area contributed by atoms with E-state index in [0.29, 0.717) is 10.6 Å². The Morgan fingerprint density at radius 1 is 1.00 bits per heavy atom. The lowest BCUT2D eigenvalue weighted by Crippen LogP contribution is -2.01. The zero-order valence-electron chi connectivity index (χ0n) is 12.0. The third-order valence-electron chi connectivity index (χ3n) is 3.65. The van der Waals surface area contributed by atoms with Gasteiger partial charge in [0.05, 0.1) is 5.02 Å². The van der Waals surface area contributed by atoms with Crippen molar-refractivity contribution in [1.29, 1.82) is 0 Å². The number of rotatable bonds is 2. The minimum absolute atomic E-state index is 0.106. The normalized spacial score (nSPS) is 11.8. The Balaban J connectivity index is 2.43. The Kier molecular flexibility index (Phi) is 4.39. The van der Waals surface area contributed by atoms with Gasteiger partial charge >= 0.3 is 0 Å². The lowest BCUT2D eigenvalue weighted by Gasteiger charge is -2.13. The molecule has 0 atom stereocenters. The van der Waals surface area contributed by atoms with Gasteiger partial charge in [0.25, 0.3) is 10.1 Å². The predicted octanol–water partition coefficient (Wildman–Crippen LogP) is 5.32. The van der Waals surface area contributed by atoms with Crippen LogP contribution in [0.5, 0.6) is 0 Å². The zero-order chi connectivity index (χ0) is 16.8. The highest BCUT2D eigenvalue weighted by atomic mass is 127. The van der Waals surface area contributed by atoms with Crippen LogP contribution in [0.2, 0.25) is 5.02 Å². The zero-order valence-corrected chi connectivity index (χ0v) is 15.8. The van der Waals surface area contributed by atoms with E-state index in [1.165, 1.54) is 6.07 Å². The molecule has 0 aliphatic rings. The number of aryl methyl sites for hydroxylation is 1. The molecule has 0 bridgehead atoms. The highest BCUT2D eigenvalue weighted by Crippen LogP contribution is 2.37. The number of hydrogen-bond donors (Lipinski definition) is 1. The first kappa shape index (κ1) is 16.7. The van der Waals surface area contributed by atoms with Crippen LogP contribution in [0.15, 0.2) is 53.4 Å². The molecule has 0 aliphatic carbocycles. The lowest BCUT2D eigenvalue weighted by molar-refractivity contribution is 0.483. The van der Waals surface area contributed by atoms with Gasteiger partial charge in [-0.3, -0.25) is 4.55 Å². The summed E-state index contributed by atoms with van der Waals surface area (Å²) in [6.07, 6.45) is 0. The molecule has 3 rings (SSSR count). The van der Waals surface area contributed by atoms with Crippen LogP contribution in [0.1, 0.15) is 5.56 Å². The summed E-state index contributed by atoms with van der Waals surface area (Å²) in [6.45, 7) is 1.87. The molecule has 0 spiro atoms. The fraction of sp³-hybridized carbons (Fsp3) is 0.0588. The van der Waals surface area contributed by atoms with Gasteiger partial charge < -0.3 is 0 Å². The van der Waals surface area contributed by atoms with Crippen molar-refractivity contribution < 1.29 is 13.0 Å². The number of halogens is 2. The van der Waals surface area contributed by atoms with Gasteiger partial charge in [-0.25, -0.2) is 0 Å². The lowest BCUT2D eigenvalue weighted by atomic mass is 9.97. The Hall–Kier alpha value is -1.15. The SMILES string of the molecule is Cc1ccc(S(=O)(=O)O)c(-c2cccc3c(Cl)c(I)ccc23)c1. The van der Waals surface area contributed by atoms with E-state index in [2.05, 4.69) is 22.6 Å². The largest absolute Gasteiger partial charge is 0.295 e. The van der Waals surface area contributed by atoms with Crippen molar-refractivity contribution in [3.8, 4) is 11.1 Å². The Bertz CT molecular complexity index is 1030. The van der Waals surface area contributed by atoms with Crippen LogP contribution in [0, 0.1) is 10.5 Å². The van der Waals surface area contributed by atoms with E-state index < -0.39 is 10.1 Å². The molecule has 118 valence electrons. The topological polar surface area (TPSA) is 54.4 Å². The third-order valence-corrected chi connectivity index (χ3v) is 6.19. The molecule has 3 aromatic rings. The van der Waals surface area contributed by atoms with Crippen molar-refractivity contribution in [3.05, 3.63) is 62.7 Å². The van der Waals surface area contributed by atoms with Crippen LogP contribution in [0.4, 0.5) is 0 Å². The fourth-order valence-electron chi connectivity index (χ4n) is 2.61. The summed E-state index contributed by atoms with van der Waals surface area (Å²) in [5.41, 5.74) is 2.09. The maximum Gasteiger partial charge on any atom is 0.295 e. The minimum Gasteiger partial charge on any atom is -0.282 e. The van der Waals surface area contributed by atoms with Crippen LogP contribution in [0.25, 0.3) is 21.9 Å². The summed E-state index contributed by atoms with van der Waals surface area (Å²) in [7, 11) is -4.32. The van der Waals surface area contributed by atoms with E-state index in [1.807, 2.05) is 37.3 Å². The summed E-state index contributed by atoms with van der Waals surface area (Å²) in [5, 5.41) is 2.32. The smallest absolute Gasteiger partial charge is 0.282 e. The number of benzene rings is 3. The molecule has 0 aliphatic heterocycles. The van der Waals surface area contributed by atoms with Gasteiger partial charge in [-0.1, -0.05) is 53.6 Å². The molecule has 0 saturated heterocycles. The second kappa shape index (κ2) is 6.05. The van der Waals surface area contributed by atoms with Gasteiger partial charge in [0.1, 0.15) is 4.90 Å². The summed E-state index contributed by atoms with van der Waals surface area (Å²) >= 11 is 8.53. The van der Waals surface area contributed by atoms with Gasteiger partial charge in [0.15, 0.2) is 0 Å².